The number of nitrogens with zero attached hydrogens (tertiary/aromatic N) is 3. The molecular formula is C15H22N4O. The fraction of sp³-hybridized carbons (Fsp3) is 0.467. The predicted octanol–water partition coefficient (Wildman–Crippen LogP) is 1.94. The van der Waals surface area contributed by atoms with Crippen LogP contribution in [0.5, 0.6) is 5.75 Å². The maximum absolute atomic E-state index is 5.62. The van der Waals surface area contributed by atoms with E-state index in [9.17, 15) is 0 Å². The largest absolute Gasteiger partial charge is 0.494 e. The first-order valence-corrected chi connectivity index (χ1v) is 7.05. The number of benzene rings is 1. The van der Waals surface area contributed by atoms with E-state index in [1.54, 1.807) is 11.0 Å². The Morgan fingerprint density at radius 1 is 1.35 bits per heavy atom. The minimum Gasteiger partial charge on any atom is -0.494 e. The highest BCUT2D eigenvalue weighted by atomic mass is 16.5. The molecule has 1 aromatic heterocycles. The number of aryl methyl sites for hydroxylation is 1. The normalized spacial score (nSPS) is 10.7. The standard InChI is InChI=1S/C15H22N4O/c1-3-9-20-14-6-4-5-13(10-14)11-16-8-7-15-17-12-19(2)18-15/h4-6,10,12,16H,3,7-9,11H2,1-2H3. The summed E-state index contributed by atoms with van der Waals surface area (Å²) in [7, 11) is 1.88. The van der Waals surface area contributed by atoms with Crippen LogP contribution < -0.4 is 10.1 Å². The first kappa shape index (κ1) is 14.5. The molecule has 0 atom stereocenters. The van der Waals surface area contributed by atoms with Gasteiger partial charge in [-0.15, -0.1) is 0 Å². The lowest BCUT2D eigenvalue weighted by atomic mass is 10.2. The molecule has 0 bridgehead atoms. The number of hydrogen-bond donors (Lipinski definition) is 1. The zero-order valence-electron chi connectivity index (χ0n) is 12.2. The lowest BCUT2D eigenvalue weighted by molar-refractivity contribution is 0.317. The highest BCUT2D eigenvalue weighted by Gasteiger charge is 1.99. The van der Waals surface area contributed by atoms with Crippen LogP contribution in [0.25, 0.3) is 0 Å². The van der Waals surface area contributed by atoms with Crippen LogP contribution >= 0.6 is 0 Å². The average molecular weight is 274 g/mol. The molecule has 5 heteroatoms. The Labute approximate surface area is 120 Å². The van der Waals surface area contributed by atoms with E-state index in [1.165, 1.54) is 5.56 Å². The maximum atomic E-state index is 5.62. The van der Waals surface area contributed by atoms with Crippen molar-refractivity contribution < 1.29 is 4.74 Å². The highest BCUT2D eigenvalue weighted by molar-refractivity contribution is 5.28. The summed E-state index contributed by atoms with van der Waals surface area (Å²) in [6.07, 6.45) is 3.59. The van der Waals surface area contributed by atoms with Gasteiger partial charge >= 0.3 is 0 Å². The van der Waals surface area contributed by atoms with Gasteiger partial charge in [-0.2, -0.15) is 5.10 Å². The van der Waals surface area contributed by atoms with E-state index < -0.39 is 0 Å². The number of hydrogen-bond acceptors (Lipinski definition) is 4. The molecule has 2 rings (SSSR count). The molecule has 20 heavy (non-hydrogen) atoms. The van der Waals surface area contributed by atoms with E-state index >= 15 is 0 Å². The van der Waals surface area contributed by atoms with Crippen molar-refractivity contribution in [1.29, 1.82) is 0 Å². The molecule has 0 aliphatic carbocycles. The Balaban J connectivity index is 1.73. The van der Waals surface area contributed by atoms with Crippen LogP contribution in [0.1, 0.15) is 24.7 Å². The van der Waals surface area contributed by atoms with Crippen molar-refractivity contribution in [3.8, 4) is 5.75 Å². The summed E-state index contributed by atoms with van der Waals surface area (Å²) in [5.74, 6) is 1.82. The molecule has 0 unspecified atom stereocenters. The van der Waals surface area contributed by atoms with E-state index in [0.29, 0.717) is 0 Å². The lowest BCUT2D eigenvalue weighted by Gasteiger charge is -2.07. The summed E-state index contributed by atoms with van der Waals surface area (Å²) >= 11 is 0. The molecule has 1 N–H and O–H groups in total. The van der Waals surface area contributed by atoms with Gasteiger partial charge < -0.3 is 10.1 Å². The molecule has 0 aliphatic rings. The summed E-state index contributed by atoms with van der Waals surface area (Å²) in [6, 6.07) is 8.21. The quantitative estimate of drug-likeness (QED) is 0.747. The van der Waals surface area contributed by atoms with Gasteiger partial charge in [-0.3, -0.25) is 4.68 Å². The SMILES string of the molecule is CCCOc1cccc(CNCCc2ncn(C)n2)c1. The van der Waals surface area contributed by atoms with Crippen molar-refractivity contribution in [2.75, 3.05) is 13.2 Å². The number of aromatic nitrogens is 3. The van der Waals surface area contributed by atoms with Crippen molar-refractivity contribution in [2.24, 2.45) is 7.05 Å². The first-order chi connectivity index (χ1) is 9.78. The van der Waals surface area contributed by atoms with Crippen molar-refractivity contribution in [1.82, 2.24) is 20.1 Å². The molecule has 0 spiro atoms. The van der Waals surface area contributed by atoms with Crippen molar-refractivity contribution >= 4 is 0 Å². The Morgan fingerprint density at radius 3 is 3.00 bits per heavy atom. The van der Waals surface area contributed by atoms with Crippen LogP contribution in [0.15, 0.2) is 30.6 Å². The van der Waals surface area contributed by atoms with Crippen LogP contribution in [-0.4, -0.2) is 27.9 Å². The third kappa shape index (κ3) is 4.66. The highest BCUT2D eigenvalue weighted by Crippen LogP contribution is 2.13. The molecule has 1 heterocycles. The zero-order chi connectivity index (χ0) is 14.2. The molecule has 0 aliphatic heterocycles. The third-order valence-corrected chi connectivity index (χ3v) is 2.87. The second-order valence-corrected chi connectivity index (χ2v) is 4.76. The Hall–Kier alpha value is -1.88. The minimum absolute atomic E-state index is 0.766. The molecule has 2 aromatic rings. The molecule has 0 saturated carbocycles. The van der Waals surface area contributed by atoms with Gasteiger partial charge in [-0.25, -0.2) is 4.98 Å². The van der Waals surface area contributed by atoms with Gasteiger partial charge in [0.1, 0.15) is 12.1 Å². The van der Waals surface area contributed by atoms with Gasteiger partial charge in [0.2, 0.25) is 0 Å². The number of nitrogens with one attached hydrogen (secondary N) is 1. The molecule has 0 saturated heterocycles. The summed E-state index contributed by atoms with van der Waals surface area (Å²) in [5, 5.41) is 7.65. The molecule has 0 amide bonds. The van der Waals surface area contributed by atoms with E-state index in [-0.39, 0.29) is 0 Å². The van der Waals surface area contributed by atoms with Crippen LogP contribution in [0.3, 0.4) is 0 Å². The van der Waals surface area contributed by atoms with Crippen LogP contribution in [-0.2, 0) is 20.0 Å². The first-order valence-electron chi connectivity index (χ1n) is 7.05. The summed E-state index contributed by atoms with van der Waals surface area (Å²) in [6.45, 7) is 4.57. The Morgan fingerprint density at radius 2 is 2.25 bits per heavy atom. The fourth-order valence-electron chi connectivity index (χ4n) is 1.90. The third-order valence-electron chi connectivity index (χ3n) is 2.87. The van der Waals surface area contributed by atoms with Gasteiger partial charge in [0.25, 0.3) is 0 Å². The molecular weight excluding hydrogens is 252 g/mol. The average Bonchev–Trinajstić information content (AvgIpc) is 2.87. The topological polar surface area (TPSA) is 52.0 Å². The van der Waals surface area contributed by atoms with Crippen LogP contribution in [0.2, 0.25) is 0 Å². The van der Waals surface area contributed by atoms with E-state index in [2.05, 4.69) is 34.5 Å². The Kier molecular flexibility index (Phi) is 5.55. The second-order valence-electron chi connectivity index (χ2n) is 4.76. The summed E-state index contributed by atoms with van der Waals surface area (Å²) in [5.41, 5.74) is 1.23. The number of ether oxygens (including phenoxy) is 1. The fourth-order valence-corrected chi connectivity index (χ4v) is 1.90. The molecule has 1 aromatic carbocycles. The van der Waals surface area contributed by atoms with Crippen LogP contribution in [0.4, 0.5) is 0 Å². The van der Waals surface area contributed by atoms with Crippen LogP contribution in [0, 0.1) is 0 Å². The molecule has 0 fully saturated rings. The monoisotopic (exact) mass is 274 g/mol. The van der Waals surface area contributed by atoms with Crippen molar-refractivity contribution in [3.05, 3.63) is 42.0 Å². The van der Waals surface area contributed by atoms with Gasteiger partial charge in [-0.05, 0) is 24.1 Å². The predicted molar refractivity (Wildman–Crippen MR) is 78.6 cm³/mol. The molecule has 108 valence electrons. The van der Waals surface area contributed by atoms with Gasteiger partial charge in [0, 0.05) is 26.6 Å². The molecule has 0 radical (unpaired) electrons. The van der Waals surface area contributed by atoms with E-state index in [0.717, 1.165) is 44.1 Å². The smallest absolute Gasteiger partial charge is 0.151 e. The molecule has 5 nitrogen and oxygen atoms in total. The zero-order valence-corrected chi connectivity index (χ0v) is 12.2. The summed E-state index contributed by atoms with van der Waals surface area (Å²) in [4.78, 5) is 4.20. The summed E-state index contributed by atoms with van der Waals surface area (Å²) < 4.78 is 7.35. The maximum Gasteiger partial charge on any atom is 0.151 e. The Bertz CT molecular complexity index is 524. The van der Waals surface area contributed by atoms with Gasteiger partial charge in [0.05, 0.1) is 6.61 Å². The van der Waals surface area contributed by atoms with Crippen molar-refractivity contribution in [2.45, 2.75) is 26.3 Å². The lowest BCUT2D eigenvalue weighted by Crippen LogP contribution is -2.17. The number of rotatable bonds is 8. The van der Waals surface area contributed by atoms with Crippen molar-refractivity contribution in [3.63, 3.8) is 0 Å². The minimum atomic E-state index is 0.766. The van der Waals surface area contributed by atoms with E-state index in [1.807, 2.05) is 19.2 Å². The second kappa shape index (κ2) is 7.65. The van der Waals surface area contributed by atoms with E-state index in [4.69, 9.17) is 4.74 Å². The van der Waals surface area contributed by atoms with Gasteiger partial charge in [-0.1, -0.05) is 19.1 Å². The van der Waals surface area contributed by atoms with Gasteiger partial charge in [0.15, 0.2) is 5.82 Å².